The van der Waals surface area contributed by atoms with Gasteiger partial charge < -0.3 is 10.6 Å². The minimum atomic E-state index is -0.634. The zero-order valence-electron chi connectivity index (χ0n) is 19.0. The Morgan fingerprint density at radius 2 is 1.94 bits per heavy atom. The molecule has 6 rings (SSSR count). The Bertz CT molecular complexity index is 1560. The van der Waals surface area contributed by atoms with E-state index in [0.717, 1.165) is 59.4 Å². The Morgan fingerprint density at radius 1 is 1.14 bits per heavy atom. The van der Waals surface area contributed by atoms with E-state index in [2.05, 4.69) is 41.0 Å². The van der Waals surface area contributed by atoms with Crippen LogP contribution in [-0.2, 0) is 6.54 Å². The lowest BCUT2D eigenvalue weighted by Gasteiger charge is -2.34. The number of carbonyl (C=O) groups is 1. The summed E-state index contributed by atoms with van der Waals surface area (Å²) in [5.41, 5.74) is 10.8. The highest BCUT2D eigenvalue weighted by Crippen LogP contribution is 2.33. The standard InChI is InChI=1S/C23H22N10O2S/c24-20-19-18(28-21(29-20)15-2-1-3-17-16(15)11-27-30-17)8-14(36-19)12-32-4-6-33(7-5-32)23-25-9-13(10-26-23)22(34)31-35/h1-3,8-11,35H,4-7,12H2,(H,27,30)(H,31,34)(H2,24,28,29). The molecule has 0 bridgehead atoms. The van der Waals surface area contributed by atoms with Crippen LogP contribution < -0.4 is 16.1 Å². The number of nitrogens with one attached hydrogen (secondary N) is 2. The maximum atomic E-state index is 11.5. The van der Waals surface area contributed by atoms with Crippen LogP contribution in [0.15, 0.2) is 42.9 Å². The third kappa shape index (κ3) is 4.08. The molecule has 1 fully saturated rings. The van der Waals surface area contributed by atoms with Gasteiger partial charge in [0.15, 0.2) is 5.82 Å². The van der Waals surface area contributed by atoms with Crippen LogP contribution in [0.5, 0.6) is 0 Å². The van der Waals surface area contributed by atoms with Crippen molar-refractivity contribution in [2.75, 3.05) is 36.8 Å². The smallest absolute Gasteiger partial charge is 0.277 e. The van der Waals surface area contributed by atoms with Gasteiger partial charge in [0.25, 0.3) is 5.91 Å². The van der Waals surface area contributed by atoms with Crippen molar-refractivity contribution in [1.29, 1.82) is 0 Å². The van der Waals surface area contributed by atoms with Gasteiger partial charge in [0.05, 0.1) is 27.5 Å². The Morgan fingerprint density at radius 3 is 2.72 bits per heavy atom. The Labute approximate surface area is 208 Å². The molecule has 5 N–H and O–H groups in total. The molecular weight excluding hydrogens is 480 g/mol. The number of nitrogens with two attached hydrogens (primary N) is 1. The molecule has 1 aliphatic rings. The topological polar surface area (TPSA) is 162 Å². The number of aromatic amines is 1. The Hall–Kier alpha value is -4.20. The molecule has 13 heteroatoms. The van der Waals surface area contributed by atoms with Crippen LogP contribution in [-0.4, -0.2) is 72.3 Å². The van der Waals surface area contributed by atoms with Crippen LogP contribution in [0.25, 0.3) is 32.5 Å². The molecule has 0 aliphatic carbocycles. The molecule has 1 amide bonds. The van der Waals surface area contributed by atoms with Crippen LogP contribution in [0.2, 0.25) is 0 Å². The summed E-state index contributed by atoms with van der Waals surface area (Å²) in [6.07, 6.45) is 4.59. The van der Waals surface area contributed by atoms with Crippen LogP contribution in [0.4, 0.5) is 11.8 Å². The van der Waals surface area contributed by atoms with E-state index in [1.165, 1.54) is 17.3 Å². The van der Waals surface area contributed by atoms with Crippen LogP contribution >= 0.6 is 11.3 Å². The lowest BCUT2D eigenvalue weighted by molar-refractivity contribution is 0.0705. The number of hydrogen-bond donors (Lipinski definition) is 4. The summed E-state index contributed by atoms with van der Waals surface area (Å²) in [6.45, 7) is 3.99. The second kappa shape index (κ2) is 9.11. The molecule has 0 spiro atoms. The summed E-state index contributed by atoms with van der Waals surface area (Å²) in [5, 5.41) is 16.8. The number of nitrogens with zero attached hydrogens (tertiary/aromatic N) is 7. The van der Waals surface area contributed by atoms with Gasteiger partial charge in [-0.3, -0.25) is 20.0 Å². The van der Waals surface area contributed by atoms with Crippen molar-refractivity contribution < 1.29 is 10.0 Å². The molecule has 5 aromatic rings. The number of nitrogen functional groups attached to an aromatic ring is 1. The molecule has 36 heavy (non-hydrogen) atoms. The number of piperazine rings is 1. The number of carbonyl (C=O) groups excluding carboxylic acids is 1. The van der Waals surface area contributed by atoms with E-state index in [-0.39, 0.29) is 5.56 Å². The number of amides is 1. The quantitative estimate of drug-likeness (QED) is 0.207. The Balaban J connectivity index is 1.16. The highest BCUT2D eigenvalue weighted by Gasteiger charge is 2.21. The second-order valence-corrected chi connectivity index (χ2v) is 9.61. The van der Waals surface area contributed by atoms with E-state index in [9.17, 15) is 4.79 Å². The monoisotopic (exact) mass is 502 g/mol. The van der Waals surface area contributed by atoms with E-state index in [4.69, 9.17) is 15.9 Å². The number of thiophene rings is 1. The molecule has 0 radical (unpaired) electrons. The summed E-state index contributed by atoms with van der Waals surface area (Å²) >= 11 is 1.62. The molecular formula is C23H22N10O2S. The van der Waals surface area contributed by atoms with Gasteiger partial charge in [-0.2, -0.15) is 5.10 Å². The molecule has 0 unspecified atom stereocenters. The second-order valence-electron chi connectivity index (χ2n) is 8.47. The van der Waals surface area contributed by atoms with E-state index >= 15 is 0 Å². The van der Waals surface area contributed by atoms with Crippen molar-refractivity contribution in [3.8, 4) is 11.4 Å². The van der Waals surface area contributed by atoms with Crippen molar-refractivity contribution in [3.63, 3.8) is 0 Å². The van der Waals surface area contributed by atoms with Crippen molar-refractivity contribution in [2.24, 2.45) is 0 Å². The SMILES string of the molecule is Nc1nc(-c2cccc3[nH]ncc23)nc2cc(CN3CCN(c4ncc(C(=O)NO)cn4)CC3)sc12. The zero-order chi connectivity index (χ0) is 24.6. The number of fused-ring (bicyclic) bond motifs is 2. The summed E-state index contributed by atoms with van der Waals surface area (Å²) in [5.74, 6) is 0.999. The van der Waals surface area contributed by atoms with Crippen LogP contribution in [0.1, 0.15) is 15.2 Å². The lowest BCUT2D eigenvalue weighted by Crippen LogP contribution is -2.46. The molecule has 4 aromatic heterocycles. The number of anilines is 2. The average molecular weight is 503 g/mol. The molecule has 0 saturated carbocycles. The van der Waals surface area contributed by atoms with Gasteiger partial charge in [0.1, 0.15) is 5.82 Å². The van der Waals surface area contributed by atoms with Crippen molar-refractivity contribution in [3.05, 3.63) is 53.3 Å². The largest absolute Gasteiger partial charge is 0.382 e. The summed E-state index contributed by atoms with van der Waals surface area (Å²) in [6, 6.07) is 7.98. The zero-order valence-corrected chi connectivity index (χ0v) is 19.9. The van der Waals surface area contributed by atoms with Crippen molar-refractivity contribution in [2.45, 2.75) is 6.54 Å². The first-order chi connectivity index (χ1) is 17.6. The van der Waals surface area contributed by atoms with Gasteiger partial charge in [-0.05, 0) is 12.1 Å². The first-order valence-electron chi connectivity index (χ1n) is 11.3. The van der Waals surface area contributed by atoms with Crippen molar-refractivity contribution >= 4 is 50.1 Å². The maximum Gasteiger partial charge on any atom is 0.277 e. The maximum absolute atomic E-state index is 11.5. The highest BCUT2D eigenvalue weighted by molar-refractivity contribution is 7.19. The van der Waals surface area contributed by atoms with Gasteiger partial charge in [0, 0.05) is 60.9 Å². The molecule has 0 atom stereocenters. The Kier molecular flexibility index (Phi) is 5.64. The molecule has 182 valence electrons. The number of H-pyrrole nitrogens is 1. The predicted molar refractivity (Wildman–Crippen MR) is 136 cm³/mol. The molecule has 1 aliphatic heterocycles. The minimum absolute atomic E-state index is 0.205. The van der Waals surface area contributed by atoms with Gasteiger partial charge in [0.2, 0.25) is 5.95 Å². The number of hydrogen-bond acceptors (Lipinski definition) is 11. The molecule has 5 heterocycles. The third-order valence-corrected chi connectivity index (χ3v) is 7.34. The average Bonchev–Trinajstić information content (AvgIpc) is 3.56. The van der Waals surface area contributed by atoms with E-state index in [1.54, 1.807) is 23.0 Å². The van der Waals surface area contributed by atoms with Gasteiger partial charge >= 0.3 is 0 Å². The fourth-order valence-electron chi connectivity index (χ4n) is 4.36. The molecule has 1 saturated heterocycles. The summed E-state index contributed by atoms with van der Waals surface area (Å²) in [7, 11) is 0. The number of hydroxylamine groups is 1. The number of rotatable bonds is 5. The minimum Gasteiger partial charge on any atom is -0.382 e. The fourth-order valence-corrected chi connectivity index (χ4v) is 5.39. The third-order valence-electron chi connectivity index (χ3n) is 6.21. The highest BCUT2D eigenvalue weighted by atomic mass is 32.1. The van der Waals surface area contributed by atoms with Crippen LogP contribution in [0, 0.1) is 0 Å². The lowest BCUT2D eigenvalue weighted by atomic mass is 10.1. The van der Waals surface area contributed by atoms with E-state index in [0.29, 0.717) is 17.6 Å². The first kappa shape index (κ1) is 22.3. The summed E-state index contributed by atoms with van der Waals surface area (Å²) < 4.78 is 0.896. The van der Waals surface area contributed by atoms with Crippen molar-refractivity contribution in [1.82, 2.24) is 40.5 Å². The van der Waals surface area contributed by atoms with Gasteiger partial charge in [-0.15, -0.1) is 11.3 Å². The van der Waals surface area contributed by atoms with Gasteiger partial charge in [-0.1, -0.05) is 12.1 Å². The predicted octanol–water partition coefficient (Wildman–Crippen LogP) is 2.05. The first-order valence-corrected chi connectivity index (χ1v) is 12.1. The van der Waals surface area contributed by atoms with E-state index < -0.39 is 5.91 Å². The molecule has 1 aromatic carbocycles. The number of benzene rings is 1. The fraction of sp³-hybridized carbons (Fsp3) is 0.217. The number of aromatic nitrogens is 6. The van der Waals surface area contributed by atoms with Crippen LogP contribution in [0.3, 0.4) is 0 Å². The molecule has 12 nitrogen and oxygen atoms in total. The van der Waals surface area contributed by atoms with E-state index in [1.807, 2.05) is 18.2 Å². The normalized spacial score (nSPS) is 14.5. The van der Waals surface area contributed by atoms with Gasteiger partial charge in [-0.25, -0.2) is 25.4 Å². The summed E-state index contributed by atoms with van der Waals surface area (Å²) in [4.78, 5) is 35.0.